The number of allylic oxidation sites excluding steroid dienone is 1. The summed E-state index contributed by atoms with van der Waals surface area (Å²) >= 11 is 6.13. The van der Waals surface area contributed by atoms with Gasteiger partial charge in [-0.15, -0.1) is 0 Å². The van der Waals surface area contributed by atoms with Gasteiger partial charge in [-0.25, -0.2) is 4.79 Å². The molecule has 1 heterocycles. The minimum atomic E-state index is -0.610. The smallest absolute Gasteiger partial charge is 0.319 e. The number of rotatable bonds is 4. The number of methoxy groups -OCH3 is 1. The summed E-state index contributed by atoms with van der Waals surface area (Å²) in [5.74, 6) is 0.287. The Morgan fingerprint density at radius 3 is 2.69 bits per heavy atom. The quantitative estimate of drug-likeness (QED) is 0.768. The highest BCUT2D eigenvalue weighted by Gasteiger charge is 2.31. The molecular weight excluding hydrogens is 354 g/mol. The molecule has 3 amide bonds. The third kappa shape index (κ3) is 3.65. The van der Waals surface area contributed by atoms with Crippen molar-refractivity contribution in [3.8, 4) is 5.75 Å². The lowest BCUT2D eigenvalue weighted by atomic mass is 9.94. The highest BCUT2D eigenvalue weighted by molar-refractivity contribution is 6.33. The summed E-state index contributed by atoms with van der Waals surface area (Å²) in [5.41, 5.74) is 2.12. The minimum Gasteiger partial charge on any atom is -0.497 e. The van der Waals surface area contributed by atoms with Crippen LogP contribution in [0.5, 0.6) is 5.75 Å². The Morgan fingerprint density at radius 1 is 1.19 bits per heavy atom. The van der Waals surface area contributed by atoms with E-state index < -0.39 is 6.04 Å². The van der Waals surface area contributed by atoms with Gasteiger partial charge >= 0.3 is 6.03 Å². The molecule has 0 unspecified atom stereocenters. The standard InChI is InChI=1S/C19H18ClN3O3/c1-11-16(18(24)22-15-9-4-3-8-14(15)20)17(23-19(25)21-11)12-6-5-7-13(10-12)26-2/h3-10,17H,1-2H3,(H,22,24)(H2,21,23,25)/t17-/m0/s1. The molecule has 6 nitrogen and oxygen atoms in total. The first kappa shape index (κ1) is 17.8. The lowest BCUT2D eigenvalue weighted by Gasteiger charge is -2.29. The van der Waals surface area contributed by atoms with Crippen LogP contribution in [0.2, 0.25) is 5.02 Å². The van der Waals surface area contributed by atoms with Gasteiger partial charge in [0, 0.05) is 5.70 Å². The van der Waals surface area contributed by atoms with Crippen molar-refractivity contribution < 1.29 is 14.3 Å². The first-order valence-electron chi connectivity index (χ1n) is 7.97. The van der Waals surface area contributed by atoms with Gasteiger partial charge in [-0.2, -0.15) is 0 Å². The van der Waals surface area contributed by atoms with Crippen LogP contribution >= 0.6 is 11.6 Å². The van der Waals surface area contributed by atoms with E-state index in [-0.39, 0.29) is 11.9 Å². The third-order valence-electron chi connectivity index (χ3n) is 4.06. The number of urea groups is 1. The third-order valence-corrected chi connectivity index (χ3v) is 4.39. The van der Waals surface area contributed by atoms with Crippen molar-refractivity contribution in [1.29, 1.82) is 0 Å². The fraction of sp³-hybridized carbons (Fsp3) is 0.158. The number of nitrogens with one attached hydrogen (secondary N) is 3. The van der Waals surface area contributed by atoms with Gasteiger partial charge in [0.15, 0.2) is 0 Å². The van der Waals surface area contributed by atoms with Crippen molar-refractivity contribution in [2.75, 3.05) is 12.4 Å². The van der Waals surface area contributed by atoms with Gasteiger partial charge in [-0.3, -0.25) is 4.79 Å². The maximum absolute atomic E-state index is 12.9. The number of amides is 3. The van der Waals surface area contributed by atoms with Crippen LogP contribution in [0.15, 0.2) is 59.8 Å². The molecule has 1 aliphatic rings. The Morgan fingerprint density at radius 2 is 1.96 bits per heavy atom. The number of anilines is 1. The van der Waals surface area contributed by atoms with Crippen LogP contribution in [0.3, 0.4) is 0 Å². The largest absolute Gasteiger partial charge is 0.497 e. The molecule has 2 aromatic carbocycles. The molecule has 0 aromatic heterocycles. The van der Waals surface area contributed by atoms with E-state index in [1.165, 1.54) is 0 Å². The SMILES string of the molecule is COc1cccc([C@@H]2NC(=O)NC(C)=C2C(=O)Nc2ccccc2Cl)c1. The molecule has 26 heavy (non-hydrogen) atoms. The summed E-state index contributed by atoms with van der Waals surface area (Å²) in [4.78, 5) is 24.9. The molecule has 1 aliphatic heterocycles. The van der Waals surface area contributed by atoms with Crippen LogP contribution in [0, 0.1) is 0 Å². The number of hydrogen-bond donors (Lipinski definition) is 3. The minimum absolute atomic E-state index is 0.351. The second kappa shape index (κ2) is 7.49. The van der Waals surface area contributed by atoms with E-state index >= 15 is 0 Å². The zero-order valence-corrected chi connectivity index (χ0v) is 15.1. The number of ether oxygens (including phenoxy) is 1. The molecule has 1 atom stereocenters. The van der Waals surface area contributed by atoms with E-state index in [0.29, 0.717) is 27.7 Å². The van der Waals surface area contributed by atoms with Crippen molar-refractivity contribution in [1.82, 2.24) is 10.6 Å². The van der Waals surface area contributed by atoms with Gasteiger partial charge in [0.2, 0.25) is 0 Å². The number of hydrogen-bond acceptors (Lipinski definition) is 3. The molecule has 2 aromatic rings. The molecule has 0 saturated heterocycles. The lowest BCUT2D eigenvalue weighted by Crippen LogP contribution is -2.46. The van der Waals surface area contributed by atoms with Crippen molar-refractivity contribution in [3.63, 3.8) is 0 Å². The summed E-state index contributed by atoms with van der Waals surface area (Å²) in [7, 11) is 1.56. The summed E-state index contributed by atoms with van der Waals surface area (Å²) in [5, 5.41) is 8.67. The second-order valence-corrected chi connectivity index (χ2v) is 6.19. The number of carbonyl (C=O) groups is 2. The van der Waals surface area contributed by atoms with Gasteiger partial charge in [0.05, 0.1) is 29.4 Å². The Balaban J connectivity index is 1.97. The van der Waals surface area contributed by atoms with Crippen LogP contribution in [-0.2, 0) is 4.79 Å². The fourth-order valence-corrected chi connectivity index (χ4v) is 3.00. The van der Waals surface area contributed by atoms with E-state index in [0.717, 1.165) is 5.56 Å². The van der Waals surface area contributed by atoms with Crippen molar-refractivity contribution in [2.24, 2.45) is 0 Å². The molecule has 0 spiro atoms. The average molecular weight is 372 g/mol. The maximum Gasteiger partial charge on any atom is 0.319 e. The van der Waals surface area contributed by atoms with Crippen LogP contribution in [0.1, 0.15) is 18.5 Å². The number of halogens is 1. The molecule has 0 fully saturated rings. The van der Waals surface area contributed by atoms with Crippen molar-refractivity contribution in [3.05, 3.63) is 70.4 Å². The fourth-order valence-electron chi connectivity index (χ4n) is 2.82. The Kier molecular flexibility index (Phi) is 5.14. The monoisotopic (exact) mass is 371 g/mol. The van der Waals surface area contributed by atoms with E-state index in [1.54, 1.807) is 56.5 Å². The van der Waals surface area contributed by atoms with Crippen LogP contribution < -0.4 is 20.7 Å². The van der Waals surface area contributed by atoms with Gasteiger partial charge in [-0.05, 0) is 36.8 Å². The summed E-state index contributed by atoms with van der Waals surface area (Å²) in [6, 6.07) is 13.2. The Labute approximate surface area is 156 Å². The zero-order valence-electron chi connectivity index (χ0n) is 14.3. The predicted molar refractivity (Wildman–Crippen MR) is 100 cm³/mol. The summed E-state index contributed by atoms with van der Waals surface area (Å²) < 4.78 is 5.24. The topological polar surface area (TPSA) is 79.5 Å². The van der Waals surface area contributed by atoms with Gasteiger partial charge < -0.3 is 20.7 Å². The predicted octanol–water partition coefficient (Wildman–Crippen LogP) is 3.62. The number of para-hydroxylation sites is 1. The first-order valence-corrected chi connectivity index (χ1v) is 8.35. The van der Waals surface area contributed by atoms with Crippen LogP contribution in [0.4, 0.5) is 10.5 Å². The molecule has 3 N–H and O–H groups in total. The van der Waals surface area contributed by atoms with Gasteiger partial charge in [0.1, 0.15) is 5.75 Å². The van der Waals surface area contributed by atoms with Gasteiger partial charge in [0.25, 0.3) is 5.91 Å². The van der Waals surface area contributed by atoms with E-state index in [2.05, 4.69) is 16.0 Å². The van der Waals surface area contributed by atoms with Crippen molar-refractivity contribution in [2.45, 2.75) is 13.0 Å². The number of carbonyl (C=O) groups excluding carboxylic acids is 2. The Hall–Kier alpha value is -2.99. The Bertz CT molecular complexity index is 895. The molecular formula is C19H18ClN3O3. The van der Waals surface area contributed by atoms with Gasteiger partial charge in [-0.1, -0.05) is 35.9 Å². The summed E-state index contributed by atoms with van der Waals surface area (Å²) in [6.45, 7) is 1.69. The van der Waals surface area contributed by atoms with E-state index in [9.17, 15) is 9.59 Å². The normalized spacial score (nSPS) is 16.6. The molecule has 0 bridgehead atoms. The van der Waals surface area contributed by atoms with Crippen molar-refractivity contribution >= 4 is 29.2 Å². The first-order chi connectivity index (χ1) is 12.5. The van der Waals surface area contributed by atoms with Crippen LogP contribution in [-0.4, -0.2) is 19.0 Å². The molecule has 7 heteroatoms. The molecule has 0 radical (unpaired) electrons. The number of benzene rings is 2. The summed E-state index contributed by atoms with van der Waals surface area (Å²) in [6.07, 6.45) is 0. The maximum atomic E-state index is 12.9. The lowest BCUT2D eigenvalue weighted by molar-refractivity contribution is -0.113. The van der Waals surface area contributed by atoms with E-state index in [1.807, 2.05) is 6.07 Å². The highest BCUT2D eigenvalue weighted by Crippen LogP contribution is 2.30. The zero-order chi connectivity index (χ0) is 18.7. The van der Waals surface area contributed by atoms with E-state index in [4.69, 9.17) is 16.3 Å². The molecule has 0 aliphatic carbocycles. The molecule has 0 saturated carbocycles. The molecule has 3 rings (SSSR count). The highest BCUT2D eigenvalue weighted by atomic mass is 35.5. The molecule has 134 valence electrons. The second-order valence-electron chi connectivity index (χ2n) is 5.78. The average Bonchev–Trinajstić information content (AvgIpc) is 2.63. The van der Waals surface area contributed by atoms with Crippen LogP contribution in [0.25, 0.3) is 0 Å².